The number of rotatable bonds is 5. The third-order valence-electron chi connectivity index (χ3n) is 2.99. The number of benzene rings is 1. The Hall–Kier alpha value is -1.93. The highest BCUT2D eigenvalue weighted by Crippen LogP contribution is 2.13. The minimum absolute atomic E-state index is 0.167. The molecule has 0 saturated carbocycles. The molecule has 0 radical (unpaired) electrons. The highest BCUT2D eigenvalue weighted by molar-refractivity contribution is 5.81. The summed E-state index contributed by atoms with van der Waals surface area (Å²) in [6.45, 7) is 4.28. The summed E-state index contributed by atoms with van der Waals surface area (Å²) < 4.78 is 13.8. The molecule has 0 unspecified atom stereocenters. The lowest BCUT2D eigenvalue weighted by molar-refractivity contribution is -0.133. The predicted molar refractivity (Wildman–Crippen MR) is 70.5 cm³/mol. The third-order valence-corrected chi connectivity index (χ3v) is 2.99. The van der Waals surface area contributed by atoms with E-state index in [9.17, 15) is 9.18 Å². The van der Waals surface area contributed by atoms with Gasteiger partial charge in [0.25, 0.3) is 0 Å². The van der Waals surface area contributed by atoms with E-state index in [0.717, 1.165) is 0 Å². The average Bonchev–Trinajstić information content (AvgIpc) is 2.44. The Kier molecular flexibility index (Phi) is 5.46. The van der Waals surface area contributed by atoms with Gasteiger partial charge in [-0.3, -0.25) is 4.79 Å². The number of carbonyl (C=O) groups is 1. The second-order valence-electron chi connectivity index (χ2n) is 4.29. The average molecular weight is 263 g/mol. The first-order valence-electron chi connectivity index (χ1n) is 6.26. The highest BCUT2D eigenvalue weighted by Gasteiger charge is 2.19. The van der Waals surface area contributed by atoms with Gasteiger partial charge in [-0.15, -0.1) is 0 Å². The number of amides is 1. The van der Waals surface area contributed by atoms with Gasteiger partial charge in [0.05, 0.1) is 17.7 Å². The van der Waals surface area contributed by atoms with Crippen molar-refractivity contribution in [2.45, 2.75) is 32.9 Å². The zero-order chi connectivity index (χ0) is 14.4. The largest absolute Gasteiger partial charge is 0.337 e. The van der Waals surface area contributed by atoms with Crippen molar-refractivity contribution in [2.24, 2.45) is 5.73 Å². The van der Waals surface area contributed by atoms with Crippen molar-refractivity contribution >= 4 is 5.91 Å². The second-order valence-corrected chi connectivity index (χ2v) is 4.29. The lowest BCUT2D eigenvalue weighted by atomic mass is 10.1. The molecule has 0 saturated heterocycles. The molecule has 0 fully saturated rings. The highest BCUT2D eigenvalue weighted by atomic mass is 19.1. The summed E-state index contributed by atoms with van der Waals surface area (Å²) in [5, 5.41) is 8.68. The smallest absolute Gasteiger partial charge is 0.239 e. The second kappa shape index (κ2) is 6.86. The molecular weight excluding hydrogens is 245 g/mol. The monoisotopic (exact) mass is 263 g/mol. The zero-order valence-corrected chi connectivity index (χ0v) is 11.2. The van der Waals surface area contributed by atoms with Crippen LogP contribution in [0.15, 0.2) is 18.2 Å². The van der Waals surface area contributed by atoms with E-state index < -0.39 is 11.9 Å². The molecule has 5 heteroatoms. The van der Waals surface area contributed by atoms with Gasteiger partial charge in [0.15, 0.2) is 0 Å². The van der Waals surface area contributed by atoms with Crippen LogP contribution in [0, 0.1) is 17.1 Å². The number of hydrogen-bond donors (Lipinski definition) is 1. The first-order chi connectivity index (χ1) is 9.03. The minimum Gasteiger partial charge on any atom is -0.337 e. The topological polar surface area (TPSA) is 70.1 Å². The molecule has 1 amide bonds. The van der Waals surface area contributed by atoms with Crippen LogP contribution in [-0.2, 0) is 11.3 Å². The molecule has 0 aliphatic heterocycles. The Morgan fingerprint density at radius 2 is 2.21 bits per heavy atom. The molecule has 0 bridgehead atoms. The quantitative estimate of drug-likeness (QED) is 0.880. The van der Waals surface area contributed by atoms with Crippen molar-refractivity contribution < 1.29 is 9.18 Å². The Labute approximate surface area is 112 Å². The molecule has 0 aliphatic rings. The van der Waals surface area contributed by atoms with Crippen molar-refractivity contribution in [3.8, 4) is 6.07 Å². The predicted octanol–water partition coefficient (Wildman–Crippen LogP) is 1.78. The number of halogens is 1. The Balaban J connectivity index is 2.88. The summed E-state index contributed by atoms with van der Waals surface area (Å²) in [6, 6.07) is 5.56. The standard InChI is InChI=1S/C14H18FN3O/c1-3-13(17)14(19)18(4-2)9-11-6-5-10(8-16)7-12(11)15/h5-7,13H,3-4,9,17H2,1-2H3/t13-/m1/s1. The van der Waals surface area contributed by atoms with Gasteiger partial charge in [-0.2, -0.15) is 5.26 Å². The van der Waals surface area contributed by atoms with E-state index in [1.165, 1.54) is 23.1 Å². The molecule has 4 nitrogen and oxygen atoms in total. The first-order valence-corrected chi connectivity index (χ1v) is 6.26. The van der Waals surface area contributed by atoms with Crippen LogP contribution in [0.5, 0.6) is 0 Å². The first kappa shape index (κ1) is 15.1. The summed E-state index contributed by atoms with van der Waals surface area (Å²) >= 11 is 0. The molecule has 1 aromatic carbocycles. The molecule has 19 heavy (non-hydrogen) atoms. The van der Waals surface area contributed by atoms with Crippen LogP contribution in [0.25, 0.3) is 0 Å². The molecule has 1 rings (SSSR count). The van der Waals surface area contributed by atoms with Gasteiger partial charge >= 0.3 is 0 Å². The summed E-state index contributed by atoms with van der Waals surface area (Å²) in [5.74, 6) is -0.663. The van der Waals surface area contributed by atoms with Crippen LogP contribution in [0.4, 0.5) is 4.39 Å². The minimum atomic E-state index is -0.554. The fourth-order valence-corrected chi connectivity index (χ4v) is 1.71. The molecule has 1 atom stereocenters. The Morgan fingerprint density at radius 1 is 1.53 bits per heavy atom. The number of nitrogens with zero attached hydrogens (tertiary/aromatic N) is 2. The maximum Gasteiger partial charge on any atom is 0.239 e. The molecule has 1 aromatic rings. The lowest BCUT2D eigenvalue weighted by Gasteiger charge is -2.24. The molecule has 102 valence electrons. The molecule has 0 spiro atoms. The fourth-order valence-electron chi connectivity index (χ4n) is 1.71. The van der Waals surface area contributed by atoms with Gasteiger partial charge in [-0.05, 0) is 25.5 Å². The normalized spacial score (nSPS) is 11.7. The van der Waals surface area contributed by atoms with E-state index in [-0.39, 0.29) is 18.0 Å². The molecular formula is C14H18FN3O. The van der Waals surface area contributed by atoms with Crippen LogP contribution in [-0.4, -0.2) is 23.4 Å². The Bertz CT molecular complexity index is 496. The van der Waals surface area contributed by atoms with Gasteiger partial charge in [0.1, 0.15) is 5.82 Å². The van der Waals surface area contributed by atoms with Crippen molar-refractivity contribution in [3.05, 3.63) is 35.1 Å². The van der Waals surface area contributed by atoms with Crippen molar-refractivity contribution in [2.75, 3.05) is 6.54 Å². The van der Waals surface area contributed by atoms with Crippen LogP contribution in [0.3, 0.4) is 0 Å². The fraction of sp³-hybridized carbons (Fsp3) is 0.429. The van der Waals surface area contributed by atoms with Gasteiger partial charge in [-0.25, -0.2) is 4.39 Å². The van der Waals surface area contributed by atoms with Gasteiger partial charge < -0.3 is 10.6 Å². The summed E-state index contributed by atoms with van der Waals surface area (Å²) in [5.41, 5.74) is 6.35. The summed E-state index contributed by atoms with van der Waals surface area (Å²) in [6.07, 6.45) is 0.547. The van der Waals surface area contributed by atoms with E-state index in [0.29, 0.717) is 18.5 Å². The van der Waals surface area contributed by atoms with Crippen molar-refractivity contribution in [1.29, 1.82) is 5.26 Å². The SMILES string of the molecule is CC[C@@H](N)C(=O)N(CC)Cc1ccc(C#N)cc1F. The van der Waals surface area contributed by atoms with Gasteiger partial charge in [0.2, 0.25) is 5.91 Å². The van der Waals surface area contributed by atoms with Crippen LogP contribution >= 0.6 is 0 Å². The van der Waals surface area contributed by atoms with E-state index in [1.54, 1.807) is 0 Å². The van der Waals surface area contributed by atoms with Crippen LogP contribution in [0.1, 0.15) is 31.4 Å². The summed E-state index contributed by atoms with van der Waals surface area (Å²) in [7, 11) is 0. The Morgan fingerprint density at radius 3 is 2.68 bits per heavy atom. The maximum atomic E-state index is 13.8. The van der Waals surface area contributed by atoms with E-state index in [2.05, 4.69) is 0 Å². The van der Waals surface area contributed by atoms with Crippen LogP contribution in [0.2, 0.25) is 0 Å². The third kappa shape index (κ3) is 3.76. The molecule has 2 N–H and O–H groups in total. The lowest BCUT2D eigenvalue weighted by Crippen LogP contribution is -2.43. The van der Waals surface area contributed by atoms with E-state index >= 15 is 0 Å². The molecule has 0 aliphatic carbocycles. The van der Waals surface area contributed by atoms with E-state index in [4.69, 9.17) is 11.0 Å². The summed E-state index contributed by atoms with van der Waals surface area (Å²) in [4.78, 5) is 13.5. The van der Waals surface area contributed by atoms with Crippen LogP contribution < -0.4 is 5.73 Å². The zero-order valence-electron chi connectivity index (χ0n) is 11.2. The number of carbonyl (C=O) groups excluding carboxylic acids is 1. The molecule has 0 aromatic heterocycles. The van der Waals surface area contributed by atoms with Gasteiger partial charge in [0, 0.05) is 18.7 Å². The number of hydrogen-bond acceptors (Lipinski definition) is 3. The van der Waals surface area contributed by atoms with Crippen molar-refractivity contribution in [3.63, 3.8) is 0 Å². The number of nitriles is 1. The number of nitrogens with two attached hydrogens (primary N) is 1. The molecule has 0 heterocycles. The van der Waals surface area contributed by atoms with E-state index in [1.807, 2.05) is 19.9 Å². The number of likely N-dealkylation sites (N-methyl/N-ethyl adjacent to an activating group) is 1. The maximum absolute atomic E-state index is 13.8. The van der Waals surface area contributed by atoms with Crippen molar-refractivity contribution in [1.82, 2.24) is 4.90 Å². The van der Waals surface area contributed by atoms with Gasteiger partial charge in [-0.1, -0.05) is 13.0 Å².